The second kappa shape index (κ2) is 8.17. The molecule has 0 aliphatic carbocycles. The molecule has 2 aromatic carbocycles. The summed E-state index contributed by atoms with van der Waals surface area (Å²) in [4.78, 5) is 24.6. The third-order valence-electron chi connectivity index (χ3n) is 4.25. The number of methoxy groups -OCH3 is 1. The SMILES string of the molecule is COc1ccc(-c2ccc(=O)n(C(C)C(=O)Nc3ccc(F)c(F)c3F)n2)cc1. The van der Waals surface area contributed by atoms with Gasteiger partial charge < -0.3 is 10.1 Å². The minimum Gasteiger partial charge on any atom is -0.497 e. The molecule has 0 saturated carbocycles. The van der Waals surface area contributed by atoms with Crippen molar-refractivity contribution in [2.24, 2.45) is 0 Å². The molecular formula is C20H16F3N3O3. The van der Waals surface area contributed by atoms with Crippen LogP contribution in [0, 0.1) is 17.5 Å². The highest BCUT2D eigenvalue weighted by Gasteiger charge is 2.21. The summed E-state index contributed by atoms with van der Waals surface area (Å²) >= 11 is 0. The van der Waals surface area contributed by atoms with E-state index in [9.17, 15) is 22.8 Å². The predicted molar refractivity (Wildman–Crippen MR) is 100 cm³/mol. The summed E-state index contributed by atoms with van der Waals surface area (Å²) in [5.74, 6) is -4.79. The van der Waals surface area contributed by atoms with Crippen molar-refractivity contribution in [3.63, 3.8) is 0 Å². The Labute approximate surface area is 163 Å². The first kappa shape index (κ1) is 20.1. The summed E-state index contributed by atoms with van der Waals surface area (Å²) in [6.45, 7) is 1.37. The average molecular weight is 403 g/mol. The van der Waals surface area contributed by atoms with Crippen molar-refractivity contribution >= 4 is 11.6 Å². The summed E-state index contributed by atoms with van der Waals surface area (Å²) in [5, 5.41) is 6.33. The van der Waals surface area contributed by atoms with Gasteiger partial charge in [0.25, 0.3) is 5.56 Å². The fourth-order valence-corrected chi connectivity index (χ4v) is 2.59. The van der Waals surface area contributed by atoms with Crippen LogP contribution in [0.3, 0.4) is 0 Å². The largest absolute Gasteiger partial charge is 0.497 e. The molecule has 1 aromatic heterocycles. The molecule has 29 heavy (non-hydrogen) atoms. The first-order chi connectivity index (χ1) is 13.8. The Hall–Kier alpha value is -3.62. The quantitative estimate of drug-likeness (QED) is 0.662. The van der Waals surface area contributed by atoms with Gasteiger partial charge >= 0.3 is 0 Å². The summed E-state index contributed by atoms with van der Waals surface area (Å²) < 4.78 is 46.2. The summed E-state index contributed by atoms with van der Waals surface area (Å²) in [7, 11) is 1.53. The summed E-state index contributed by atoms with van der Waals surface area (Å²) in [5.41, 5.74) is 0.000460. The van der Waals surface area contributed by atoms with Crippen molar-refractivity contribution in [1.82, 2.24) is 9.78 Å². The van der Waals surface area contributed by atoms with Crippen molar-refractivity contribution in [2.45, 2.75) is 13.0 Å². The molecule has 3 rings (SSSR count). The van der Waals surface area contributed by atoms with E-state index in [1.54, 1.807) is 24.3 Å². The lowest BCUT2D eigenvalue weighted by molar-refractivity contribution is -0.119. The Morgan fingerprint density at radius 2 is 1.72 bits per heavy atom. The molecule has 150 valence electrons. The van der Waals surface area contributed by atoms with E-state index in [2.05, 4.69) is 10.4 Å². The van der Waals surface area contributed by atoms with Crippen molar-refractivity contribution in [3.05, 3.63) is 76.3 Å². The van der Waals surface area contributed by atoms with E-state index in [1.165, 1.54) is 26.2 Å². The van der Waals surface area contributed by atoms with E-state index in [1.807, 2.05) is 0 Å². The van der Waals surface area contributed by atoms with Crippen LogP contribution in [-0.2, 0) is 4.79 Å². The molecular weight excluding hydrogens is 387 g/mol. The maximum Gasteiger partial charge on any atom is 0.267 e. The zero-order valence-corrected chi connectivity index (χ0v) is 15.4. The molecule has 1 amide bonds. The van der Waals surface area contributed by atoms with Crippen molar-refractivity contribution in [1.29, 1.82) is 0 Å². The number of ether oxygens (including phenoxy) is 1. The lowest BCUT2D eigenvalue weighted by atomic mass is 10.1. The average Bonchev–Trinajstić information content (AvgIpc) is 2.74. The molecule has 1 unspecified atom stereocenters. The second-order valence-electron chi connectivity index (χ2n) is 6.12. The molecule has 1 atom stereocenters. The number of hydrogen-bond donors (Lipinski definition) is 1. The van der Waals surface area contributed by atoms with Crippen LogP contribution in [0.1, 0.15) is 13.0 Å². The van der Waals surface area contributed by atoms with Gasteiger partial charge in [-0.2, -0.15) is 5.10 Å². The molecule has 1 heterocycles. The van der Waals surface area contributed by atoms with Crippen LogP contribution in [0.15, 0.2) is 53.3 Å². The Kier molecular flexibility index (Phi) is 5.67. The topological polar surface area (TPSA) is 73.2 Å². The van der Waals surface area contributed by atoms with Gasteiger partial charge in [-0.25, -0.2) is 17.9 Å². The Morgan fingerprint density at radius 1 is 1.03 bits per heavy atom. The zero-order valence-electron chi connectivity index (χ0n) is 15.4. The molecule has 0 saturated heterocycles. The van der Waals surface area contributed by atoms with E-state index in [0.29, 0.717) is 23.1 Å². The van der Waals surface area contributed by atoms with Crippen LogP contribution < -0.4 is 15.6 Å². The van der Waals surface area contributed by atoms with Gasteiger partial charge in [0.05, 0.1) is 18.5 Å². The van der Waals surface area contributed by atoms with Crippen LogP contribution >= 0.6 is 0 Å². The van der Waals surface area contributed by atoms with Crippen molar-refractivity contribution < 1.29 is 22.7 Å². The molecule has 9 heteroatoms. The number of nitrogens with zero attached hydrogens (tertiary/aromatic N) is 2. The van der Waals surface area contributed by atoms with Gasteiger partial charge in [-0.1, -0.05) is 0 Å². The van der Waals surface area contributed by atoms with Crippen LogP contribution in [-0.4, -0.2) is 22.8 Å². The van der Waals surface area contributed by atoms with Crippen LogP contribution in [0.5, 0.6) is 5.75 Å². The number of aromatic nitrogens is 2. The fourth-order valence-electron chi connectivity index (χ4n) is 2.59. The van der Waals surface area contributed by atoms with Gasteiger partial charge in [-0.15, -0.1) is 0 Å². The molecule has 3 aromatic rings. The Bertz CT molecular complexity index is 1110. The minimum absolute atomic E-state index is 0.422. The maximum absolute atomic E-state index is 13.8. The maximum atomic E-state index is 13.8. The van der Waals surface area contributed by atoms with E-state index >= 15 is 0 Å². The van der Waals surface area contributed by atoms with Gasteiger partial charge in [0, 0.05) is 11.6 Å². The number of rotatable bonds is 5. The number of hydrogen-bond acceptors (Lipinski definition) is 4. The summed E-state index contributed by atoms with van der Waals surface area (Å²) in [6.07, 6.45) is 0. The highest BCUT2D eigenvalue weighted by atomic mass is 19.2. The first-order valence-corrected chi connectivity index (χ1v) is 8.50. The number of anilines is 1. The number of halogens is 3. The number of carbonyl (C=O) groups excluding carboxylic acids is 1. The van der Waals surface area contributed by atoms with Gasteiger partial charge in [0.1, 0.15) is 11.8 Å². The summed E-state index contributed by atoms with van der Waals surface area (Å²) in [6, 6.07) is 10.1. The standard InChI is InChI=1S/C20H16F3N3O3/c1-11(20(28)24-16-8-7-14(21)18(22)19(16)23)26-17(27)10-9-15(25-26)12-3-5-13(29-2)6-4-12/h3-11H,1-2H3,(H,24,28). The second-order valence-corrected chi connectivity index (χ2v) is 6.12. The van der Waals surface area contributed by atoms with E-state index in [0.717, 1.165) is 10.7 Å². The Morgan fingerprint density at radius 3 is 2.38 bits per heavy atom. The van der Waals surface area contributed by atoms with Crippen LogP contribution in [0.25, 0.3) is 11.3 Å². The third-order valence-corrected chi connectivity index (χ3v) is 4.25. The van der Waals surface area contributed by atoms with E-state index in [-0.39, 0.29) is 0 Å². The number of benzene rings is 2. The van der Waals surface area contributed by atoms with Gasteiger partial charge in [0.15, 0.2) is 17.5 Å². The van der Waals surface area contributed by atoms with Gasteiger partial charge in [-0.3, -0.25) is 9.59 Å². The number of carbonyl (C=O) groups is 1. The molecule has 0 radical (unpaired) electrons. The highest BCUT2D eigenvalue weighted by molar-refractivity contribution is 5.93. The number of nitrogens with one attached hydrogen (secondary N) is 1. The normalized spacial score (nSPS) is 11.8. The monoisotopic (exact) mass is 403 g/mol. The molecule has 0 aliphatic heterocycles. The lowest BCUT2D eigenvalue weighted by Gasteiger charge is -2.15. The van der Waals surface area contributed by atoms with E-state index in [4.69, 9.17) is 4.74 Å². The fraction of sp³-hybridized carbons (Fsp3) is 0.150. The Balaban J connectivity index is 1.88. The zero-order chi connectivity index (χ0) is 21.1. The molecule has 0 bridgehead atoms. The highest BCUT2D eigenvalue weighted by Crippen LogP contribution is 2.22. The van der Waals surface area contributed by atoms with Gasteiger partial charge in [0.2, 0.25) is 5.91 Å². The third kappa shape index (κ3) is 4.13. The molecule has 0 aliphatic rings. The lowest BCUT2D eigenvalue weighted by Crippen LogP contribution is -2.33. The van der Waals surface area contributed by atoms with Gasteiger partial charge in [-0.05, 0) is 49.4 Å². The van der Waals surface area contributed by atoms with Crippen molar-refractivity contribution in [3.8, 4) is 17.0 Å². The number of amides is 1. The van der Waals surface area contributed by atoms with E-state index < -0.39 is 40.6 Å². The van der Waals surface area contributed by atoms with Crippen LogP contribution in [0.2, 0.25) is 0 Å². The van der Waals surface area contributed by atoms with Crippen molar-refractivity contribution in [2.75, 3.05) is 12.4 Å². The molecule has 6 nitrogen and oxygen atoms in total. The molecule has 1 N–H and O–H groups in total. The predicted octanol–water partition coefficient (Wildman–Crippen LogP) is 3.54. The first-order valence-electron chi connectivity index (χ1n) is 8.50. The molecule has 0 fully saturated rings. The minimum atomic E-state index is -1.70. The van der Waals surface area contributed by atoms with Crippen LogP contribution in [0.4, 0.5) is 18.9 Å². The smallest absolute Gasteiger partial charge is 0.267 e. The molecule has 0 spiro atoms.